The van der Waals surface area contributed by atoms with Crippen LogP contribution in [0.5, 0.6) is 0 Å². The van der Waals surface area contributed by atoms with Gasteiger partial charge in [0.05, 0.1) is 10.9 Å². The average molecular weight is 470 g/mol. The van der Waals surface area contributed by atoms with E-state index in [1.807, 2.05) is 42.6 Å². The molecule has 8 nitrogen and oxygen atoms in total. The lowest BCUT2D eigenvalue weighted by molar-refractivity contribution is -0.122. The molecule has 33 heavy (non-hydrogen) atoms. The second-order valence-corrected chi connectivity index (χ2v) is 10.8. The normalized spacial score (nSPS) is 16.2. The second kappa shape index (κ2) is 10.0. The number of carbonyl (C=O) groups is 1. The summed E-state index contributed by atoms with van der Waals surface area (Å²) in [6, 6.07) is 12.3. The van der Waals surface area contributed by atoms with Crippen molar-refractivity contribution in [3.63, 3.8) is 0 Å². The van der Waals surface area contributed by atoms with Crippen LogP contribution in [0.1, 0.15) is 57.0 Å². The molecule has 1 amide bonds. The van der Waals surface area contributed by atoms with Gasteiger partial charge in [-0.05, 0) is 55.0 Å². The zero-order valence-electron chi connectivity index (χ0n) is 19.1. The molecule has 0 spiro atoms. The summed E-state index contributed by atoms with van der Waals surface area (Å²) in [5, 5.41) is 11.6. The van der Waals surface area contributed by atoms with E-state index in [1.165, 1.54) is 0 Å². The monoisotopic (exact) mass is 469 g/mol. The van der Waals surface area contributed by atoms with Gasteiger partial charge in [-0.15, -0.1) is 10.2 Å². The first-order chi connectivity index (χ1) is 15.9. The molecule has 1 aromatic carbocycles. The number of rotatable bonds is 8. The number of sulfonamides is 1. The summed E-state index contributed by atoms with van der Waals surface area (Å²) >= 11 is 0. The number of amides is 1. The van der Waals surface area contributed by atoms with Gasteiger partial charge in [0.15, 0.2) is 11.5 Å². The zero-order valence-corrected chi connectivity index (χ0v) is 20.0. The molecule has 0 aliphatic carbocycles. The van der Waals surface area contributed by atoms with E-state index in [0.717, 1.165) is 30.5 Å². The molecule has 9 heteroatoms. The highest BCUT2D eigenvalue weighted by molar-refractivity contribution is 7.89. The first kappa shape index (κ1) is 23.4. The Bertz CT molecular complexity index is 1200. The fourth-order valence-electron chi connectivity index (χ4n) is 4.19. The van der Waals surface area contributed by atoms with Crippen molar-refractivity contribution in [3.8, 4) is 0 Å². The summed E-state index contributed by atoms with van der Waals surface area (Å²) in [4.78, 5) is 13.0. The molecular weight excluding hydrogens is 438 g/mol. The molecule has 0 radical (unpaired) electrons. The summed E-state index contributed by atoms with van der Waals surface area (Å²) in [7, 11) is -3.44. The third kappa shape index (κ3) is 5.25. The van der Waals surface area contributed by atoms with E-state index in [1.54, 1.807) is 28.6 Å². The van der Waals surface area contributed by atoms with E-state index >= 15 is 0 Å². The number of piperidine rings is 1. The fraction of sp³-hybridized carbons (Fsp3) is 0.458. The minimum absolute atomic E-state index is 0.0774. The van der Waals surface area contributed by atoms with Crippen molar-refractivity contribution in [1.82, 2.24) is 24.2 Å². The van der Waals surface area contributed by atoms with Crippen LogP contribution in [0.2, 0.25) is 0 Å². The molecule has 176 valence electrons. The summed E-state index contributed by atoms with van der Waals surface area (Å²) in [5.74, 6) is 0.772. The Kier molecular flexibility index (Phi) is 7.09. The van der Waals surface area contributed by atoms with Crippen molar-refractivity contribution >= 4 is 21.6 Å². The van der Waals surface area contributed by atoms with Gasteiger partial charge in [0, 0.05) is 25.7 Å². The van der Waals surface area contributed by atoms with Crippen LogP contribution in [-0.2, 0) is 21.2 Å². The van der Waals surface area contributed by atoms with Crippen LogP contribution >= 0.6 is 0 Å². The number of hydrogen-bond acceptors (Lipinski definition) is 5. The van der Waals surface area contributed by atoms with E-state index in [0.29, 0.717) is 36.7 Å². The Morgan fingerprint density at radius 1 is 1.03 bits per heavy atom. The number of pyridine rings is 1. The van der Waals surface area contributed by atoms with Gasteiger partial charge in [0.25, 0.3) is 0 Å². The SMILES string of the molecule is CC(C)[C@H](NC(=O)CCc1ccc(S(=O)(=O)N2CCCCC2)cc1)c1nnc2ccccn12. The van der Waals surface area contributed by atoms with E-state index in [4.69, 9.17) is 0 Å². The molecular formula is C24H31N5O3S. The van der Waals surface area contributed by atoms with Crippen LogP contribution < -0.4 is 5.32 Å². The fourth-order valence-corrected chi connectivity index (χ4v) is 5.70. The topological polar surface area (TPSA) is 96.7 Å². The Hall–Kier alpha value is -2.78. The van der Waals surface area contributed by atoms with E-state index < -0.39 is 10.0 Å². The van der Waals surface area contributed by atoms with Gasteiger partial charge in [-0.1, -0.05) is 38.5 Å². The second-order valence-electron chi connectivity index (χ2n) is 8.88. The largest absolute Gasteiger partial charge is 0.346 e. The highest BCUT2D eigenvalue weighted by atomic mass is 32.2. The standard InChI is InChI=1S/C24H31N5O3S/c1-18(2)23(24-27-26-21-8-4-7-17-29(21)24)25-22(30)14-11-19-9-12-20(13-10-19)33(31,32)28-15-5-3-6-16-28/h4,7-10,12-13,17-18,23H,3,5-6,11,14-16H2,1-2H3,(H,25,30)/t23-/m0/s1. The summed E-state index contributed by atoms with van der Waals surface area (Å²) in [5.41, 5.74) is 1.67. The van der Waals surface area contributed by atoms with Crippen LogP contribution in [0, 0.1) is 5.92 Å². The smallest absolute Gasteiger partial charge is 0.243 e. The number of benzene rings is 1. The molecule has 1 aliphatic heterocycles. The highest BCUT2D eigenvalue weighted by Gasteiger charge is 2.26. The van der Waals surface area contributed by atoms with Crippen LogP contribution in [0.4, 0.5) is 0 Å². The maximum Gasteiger partial charge on any atom is 0.243 e. The van der Waals surface area contributed by atoms with Gasteiger partial charge < -0.3 is 5.32 Å². The maximum absolute atomic E-state index is 12.8. The van der Waals surface area contributed by atoms with Gasteiger partial charge in [0.2, 0.25) is 15.9 Å². The highest BCUT2D eigenvalue weighted by Crippen LogP contribution is 2.23. The molecule has 1 N–H and O–H groups in total. The van der Waals surface area contributed by atoms with Crippen molar-refractivity contribution in [1.29, 1.82) is 0 Å². The Labute approximate surface area is 195 Å². The maximum atomic E-state index is 12.8. The van der Waals surface area contributed by atoms with Gasteiger partial charge in [-0.3, -0.25) is 9.20 Å². The number of hydrogen-bond donors (Lipinski definition) is 1. The molecule has 1 saturated heterocycles. The number of fused-ring (bicyclic) bond motifs is 1. The average Bonchev–Trinajstić information content (AvgIpc) is 3.26. The van der Waals surface area contributed by atoms with Crippen molar-refractivity contribution in [3.05, 3.63) is 60.0 Å². The molecule has 4 rings (SSSR count). The molecule has 3 heterocycles. The molecule has 0 bridgehead atoms. The van der Waals surface area contributed by atoms with Gasteiger partial charge in [-0.25, -0.2) is 8.42 Å². The van der Waals surface area contributed by atoms with Crippen LogP contribution in [-0.4, -0.2) is 46.3 Å². The predicted octanol–water partition coefficient (Wildman–Crippen LogP) is 3.35. The molecule has 2 aromatic heterocycles. The number of carbonyl (C=O) groups excluding carboxylic acids is 1. The molecule has 0 unspecified atom stereocenters. The molecule has 1 aliphatic rings. The Morgan fingerprint density at radius 2 is 1.76 bits per heavy atom. The Balaban J connectivity index is 1.38. The number of aromatic nitrogens is 3. The van der Waals surface area contributed by atoms with Crippen molar-refractivity contribution < 1.29 is 13.2 Å². The lowest BCUT2D eigenvalue weighted by Gasteiger charge is -2.25. The Morgan fingerprint density at radius 3 is 2.45 bits per heavy atom. The zero-order chi connectivity index (χ0) is 23.4. The summed E-state index contributed by atoms with van der Waals surface area (Å²) in [6.45, 7) is 5.25. The first-order valence-electron chi connectivity index (χ1n) is 11.5. The van der Waals surface area contributed by atoms with Crippen molar-refractivity contribution in [2.75, 3.05) is 13.1 Å². The molecule has 3 aromatic rings. The van der Waals surface area contributed by atoms with Crippen molar-refractivity contribution in [2.24, 2.45) is 5.92 Å². The van der Waals surface area contributed by atoms with Crippen LogP contribution in [0.3, 0.4) is 0 Å². The lowest BCUT2D eigenvalue weighted by atomic mass is 10.0. The van der Waals surface area contributed by atoms with E-state index in [9.17, 15) is 13.2 Å². The number of aryl methyl sites for hydroxylation is 1. The van der Waals surface area contributed by atoms with E-state index in [-0.39, 0.29) is 17.9 Å². The minimum Gasteiger partial charge on any atom is -0.346 e. The van der Waals surface area contributed by atoms with Crippen LogP contribution in [0.15, 0.2) is 53.6 Å². The molecule has 1 fully saturated rings. The number of nitrogens with zero attached hydrogens (tertiary/aromatic N) is 4. The lowest BCUT2D eigenvalue weighted by Crippen LogP contribution is -2.35. The summed E-state index contributed by atoms with van der Waals surface area (Å²) < 4.78 is 29.1. The minimum atomic E-state index is -3.44. The molecule has 0 saturated carbocycles. The quantitative estimate of drug-likeness (QED) is 0.546. The molecule has 1 atom stereocenters. The van der Waals surface area contributed by atoms with Gasteiger partial charge >= 0.3 is 0 Å². The first-order valence-corrected chi connectivity index (χ1v) is 13.0. The predicted molar refractivity (Wildman–Crippen MR) is 126 cm³/mol. The summed E-state index contributed by atoms with van der Waals surface area (Å²) in [6.07, 6.45) is 5.63. The van der Waals surface area contributed by atoms with Gasteiger partial charge in [0.1, 0.15) is 0 Å². The van der Waals surface area contributed by atoms with Crippen LogP contribution in [0.25, 0.3) is 5.65 Å². The number of nitrogens with one attached hydrogen (secondary N) is 1. The van der Waals surface area contributed by atoms with Gasteiger partial charge in [-0.2, -0.15) is 4.31 Å². The van der Waals surface area contributed by atoms with Crippen molar-refractivity contribution in [2.45, 2.75) is 56.9 Å². The third-order valence-electron chi connectivity index (χ3n) is 6.12. The van der Waals surface area contributed by atoms with E-state index in [2.05, 4.69) is 15.5 Å². The third-order valence-corrected chi connectivity index (χ3v) is 8.03.